The highest BCUT2D eigenvalue weighted by molar-refractivity contribution is 7.11. The number of carbonyl (C=O) groups excluding carboxylic acids is 1. The zero-order valence-corrected chi connectivity index (χ0v) is 11.4. The van der Waals surface area contributed by atoms with Gasteiger partial charge in [0.05, 0.1) is 7.11 Å². The summed E-state index contributed by atoms with van der Waals surface area (Å²) in [5.74, 6) is -0.477. The van der Waals surface area contributed by atoms with E-state index in [0.29, 0.717) is 6.54 Å². The molecule has 0 aromatic carbocycles. The number of hydrogen-bond acceptors (Lipinski definition) is 5. The summed E-state index contributed by atoms with van der Waals surface area (Å²) in [6, 6.07) is 2.01. The van der Waals surface area contributed by atoms with Gasteiger partial charge in [0.15, 0.2) is 0 Å². The lowest BCUT2D eigenvalue weighted by atomic mass is 10.1. The molecule has 94 valence electrons. The van der Waals surface area contributed by atoms with E-state index in [0.717, 1.165) is 16.0 Å². The lowest BCUT2D eigenvalue weighted by molar-refractivity contribution is -0.136. The summed E-state index contributed by atoms with van der Waals surface area (Å²) in [6.07, 6.45) is 0. The number of ether oxygens (including phenoxy) is 1. The van der Waals surface area contributed by atoms with E-state index in [1.165, 1.54) is 7.11 Å². The summed E-state index contributed by atoms with van der Waals surface area (Å²) in [6.45, 7) is 2.62. The molecule has 0 fully saturated rings. The number of thiophene rings is 1. The largest absolute Gasteiger partial charge is 0.464 e. The van der Waals surface area contributed by atoms with Gasteiger partial charge in [-0.2, -0.15) is 0 Å². The van der Waals surface area contributed by atoms with Gasteiger partial charge in [0.25, 0.3) is 0 Å². The van der Waals surface area contributed by atoms with E-state index in [1.54, 1.807) is 11.3 Å². The van der Waals surface area contributed by atoms with E-state index in [1.807, 2.05) is 37.4 Å². The molecule has 0 unspecified atom stereocenters. The number of esters is 1. The van der Waals surface area contributed by atoms with Crippen LogP contribution in [0.4, 0.5) is 0 Å². The van der Waals surface area contributed by atoms with Crippen molar-refractivity contribution in [3.05, 3.63) is 27.6 Å². The van der Waals surface area contributed by atoms with Crippen LogP contribution in [0.15, 0.2) is 17.1 Å². The highest BCUT2D eigenvalue weighted by atomic mass is 32.1. The zero-order chi connectivity index (χ0) is 13.0. The second kappa shape index (κ2) is 5.84. The van der Waals surface area contributed by atoms with Crippen LogP contribution in [-0.2, 0) is 9.53 Å². The van der Waals surface area contributed by atoms with Crippen LogP contribution in [-0.4, -0.2) is 38.6 Å². The molecule has 0 atom stereocenters. The Kier molecular flexibility index (Phi) is 4.72. The third kappa shape index (κ3) is 3.31. The molecule has 2 N–H and O–H groups in total. The molecule has 0 aliphatic rings. The van der Waals surface area contributed by atoms with Crippen LogP contribution >= 0.6 is 11.3 Å². The van der Waals surface area contributed by atoms with Crippen LogP contribution in [0.25, 0.3) is 5.57 Å². The Bertz CT molecular complexity index is 435. The van der Waals surface area contributed by atoms with Crippen molar-refractivity contribution >= 4 is 22.9 Å². The smallest absolute Gasteiger partial charge is 0.354 e. The first-order chi connectivity index (χ1) is 7.97. The summed E-state index contributed by atoms with van der Waals surface area (Å²) >= 11 is 1.58. The van der Waals surface area contributed by atoms with Crippen molar-refractivity contribution in [1.29, 1.82) is 0 Å². The number of aryl methyl sites for hydroxylation is 1. The first-order valence-electron chi connectivity index (χ1n) is 5.23. The van der Waals surface area contributed by atoms with E-state index < -0.39 is 5.97 Å². The van der Waals surface area contributed by atoms with Gasteiger partial charge in [-0.25, -0.2) is 4.79 Å². The van der Waals surface area contributed by atoms with Gasteiger partial charge in [-0.15, -0.1) is 11.3 Å². The average Bonchev–Trinajstić information content (AvgIpc) is 2.70. The van der Waals surface area contributed by atoms with Crippen molar-refractivity contribution in [1.82, 2.24) is 4.90 Å². The number of rotatable bonds is 4. The van der Waals surface area contributed by atoms with Gasteiger partial charge in [0, 0.05) is 17.0 Å². The number of carbonyl (C=O) groups is 1. The zero-order valence-electron chi connectivity index (χ0n) is 10.6. The van der Waals surface area contributed by atoms with E-state index in [4.69, 9.17) is 5.73 Å². The topological polar surface area (TPSA) is 55.6 Å². The van der Waals surface area contributed by atoms with Crippen molar-refractivity contribution in [3.63, 3.8) is 0 Å². The Morgan fingerprint density at radius 3 is 2.59 bits per heavy atom. The third-order valence-electron chi connectivity index (χ3n) is 2.34. The minimum Gasteiger partial charge on any atom is -0.464 e. The average molecular weight is 254 g/mol. The Morgan fingerprint density at radius 2 is 2.18 bits per heavy atom. The van der Waals surface area contributed by atoms with E-state index in [9.17, 15) is 4.79 Å². The first kappa shape index (κ1) is 13.7. The Balaban J connectivity index is 3.21. The molecule has 0 radical (unpaired) electrons. The van der Waals surface area contributed by atoms with Crippen molar-refractivity contribution in [2.24, 2.45) is 5.73 Å². The minimum absolute atomic E-state index is 0.187. The minimum atomic E-state index is -0.477. The highest BCUT2D eigenvalue weighted by Crippen LogP contribution is 2.27. The Hall–Kier alpha value is -1.33. The molecule has 1 rings (SSSR count). The van der Waals surface area contributed by atoms with Crippen LogP contribution in [0, 0.1) is 6.92 Å². The summed E-state index contributed by atoms with van der Waals surface area (Å²) in [4.78, 5) is 14.5. The van der Waals surface area contributed by atoms with Crippen LogP contribution < -0.4 is 5.73 Å². The van der Waals surface area contributed by atoms with Gasteiger partial charge < -0.3 is 15.4 Å². The fourth-order valence-corrected chi connectivity index (χ4v) is 2.49. The molecule has 1 heterocycles. The number of hydrogen-bond donors (Lipinski definition) is 1. The number of likely N-dealkylation sites (N-methyl/N-ethyl adjacent to an activating group) is 1. The van der Waals surface area contributed by atoms with E-state index in [-0.39, 0.29) is 5.70 Å². The van der Waals surface area contributed by atoms with E-state index in [2.05, 4.69) is 4.74 Å². The SMILES string of the molecule is COC(=O)/C(N)=C(\CN(C)C)c1sccc1C. The highest BCUT2D eigenvalue weighted by Gasteiger charge is 2.17. The third-order valence-corrected chi connectivity index (χ3v) is 3.42. The summed E-state index contributed by atoms with van der Waals surface area (Å²) in [5, 5.41) is 1.99. The van der Waals surface area contributed by atoms with Crippen molar-refractivity contribution in [2.75, 3.05) is 27.7 Å². The molecule has 1 aromatic rings. The molecule has 0 aliphatic heterocycles. The predicted octanol–water partition coefficient (Wildman–Crippen LogP) is 1.46. The van der Waals surface area contributed by atoms with Crippen LogP contribution in [0.5, 0.6) is 0 Å². The molecule has 0 saturated heterocycles. The van der Waals surface area contributed by atoms with Gasteiger partial charge in [-0.05, 0) is 38.0 Å². The molecule has 0 aliphatic carbocycles. The quantitative estimate of drug-likeness (QED) is 0.653. The monoisotopic (exact) mass is 254 g/mol. The normalized spacial score (nSPS) is 12.5. The number of nitrogens with zero attached hydrogens (tertiary/aromatic N) is 1. The Morgan fingerprint density at radius 1 is 1.53 bits per heavy atom. The molecule has 0 bridgehead atoms. The van der Waals surface area contributed by atoms with Gasteiger partial charge in [0.1, 0.15) is 5.70 Å². The molecule has 0 amide bonds. The molecule has 0 spiro atoms. The van der Waals surface area contributed by atoms with Crippen LogP contribution in [0.2, 0.25) is 0 Å². The number of methoxy groups -OCH3 is 1. The second-order valence-corrected chi connectivity index (χ2v) is 4.97. The van der Waals surface area contributed by atoms with Gasteiger partial charge in [-0.1, -0.05) is 0 Å². The maximum atomic E-state index is 11.5. The number of nitrogens with two attached hydrogens (primary N) is 1. The van der Waals surface area contributed by atoms with Gasteiger partial charge in [0.2, 0.25) is 0 Å². The van der Waals surface area contributed by atoms with Crippen molar-refractivity contribution in [3.8, 4) is 0 Å². The predicted molar refractivity (Wildman–Crippen MR) is 70.7 cm³/mol. The maximum Gasteiger partial charge on any atom is 0.354 e. The summed E-state index contributed by atoms with van der Waals surface area (Å²) in [5.41, 5.74) is 8.00. The fourth-order valence-electron chi connectivity index (χ4n) is 1.51. The summed E-state index contributed by atoms with van der Waals surface area (Å²) < 4.78 is 4.68. The molecular weight excluding hydrogens is 236 g/mol. The van der Waals surface area contributed by atoms with Gasteiger partial charge >= 0.3 is 5.97 Å². The summed E-state index contributed by atoms with van der Waals surface area (Å²) in [7, 11) is 5.21. The van der Waals surface area contributed by atoms with Crippen molar-refractivity contribution in [2.45, 2.75) is 6.92 Å². The molecule has 17 heavy (non-hydrogen) atoms. The molecule has 5 heteroatoms. The first-order valence-corrected chi connectivity index (χ1v) is 6.11. The standard InChI is InChI=1S/C12H18N2O2S/c1-8-5-6-17-11(8)9(7-14(2)3)10(13)12(15)16-4/h5-6H,7,13H2,1-4H3/b10-9-. The van der Waals surface area contributed by atoms with Gasteiger partial charge in [-0.3, -0.25) is 0 Å². The lowest BCUT2D eigenvalue weighted by Crippen LogP contribution is -2.22. The molecule has 0 saturated carbocycles. The van der Waals surface area contributed by atoms with Crippen LogP contribution in [0.1, 0.15) is 10.4 Å². The second-order valence-electron chi connectivity index (χ2n) is 4.05. The van der Waals surface area contributed by atoms with E-state index >= 15 is 0 Å². The van der Waals surface area contributed by atoms with Crippen LogP contribution in [0.3, 0.4) is 0 Å². The molecule has 4 nitrogen and oxygen atoms in total. The van der Waals surface area contributed by atoms with Crippen molar-refractivity contribution < 1.29 is 9.53 Å². The molecule has 1 aromatic heterocycles. The molecular formula is C12H18N2O2S. The fraction of sp³-hybridized carbons (Fsp3) is 0.417. The lowest BCUT2D eigenvalue weighted by Gasteiger charge is -2.15. The maximum absolute atomic E-state index is 11.5. The Labute approximate surface area is 106 Å².